The molecule has 0 aliphatic heterocycles. The highest BCUT2D eigenvalue weighted by Gasteiger charge is 2.17. The van der Waals surface area contributed by atoms with E-state index in [1.165, 1.54) is 0 Å². The van der Waals surface area contributed by atoms with Crippen LogP contribution < -0.4 is 4.74 Å². The van der Waals surface area contributed by atoms with Crippen LogP contribution >= 0.6 is 57.4 Å². The number of halogens is 4. The van der Waals surface area contributed by atoms with Crippen molar-refractivity contribution in [2.75, 3.05) is 17.6 Å². The Hall–Kier alpha value is 0.0900. The number of nitrogens with zero attached hydrogens (tertiary/aromatic N) is 1. The molecule has 106 valence electrons. The molecule has 7 heteroatoms. The zero-order valence-corrected chi connectivity index (χ0v) is 14.6. The monoisotopic (exact) mass is 435 g/mol. The van der Waals surface area contributed by atoms with Crippen molar-refractivity contribution in [2.24, 2.45) is 0 Å². The lowest BCUT2D eigenvalue weighted by atomic mass is 10.3. The van der Waals surface area contributed by atoms with Gasteiger partial charge in [0, 0.05) is 20.5 Å². The third kappa shape index (κ3) is 5.94. The molecule has 0 heterocycles. The van der Waals surface area contributed by atoms with Crippen molar-refractivity contribution in [1.82, 2.24) is 4.90 Å². The molecule has 1 atom stereocenters. The first-order valence-electron chi connectivity index (χ1n) is 5.55. The molecule has 0 bridgehead atoms. The standard InChI is InChI=1S/C12H13Cl3INO2/c1-8(7-16)17(12(15)18)2-3-19-11-5-9(13)4-10(14)6-11/h4-6,8H,2-3,7H2,1H3. The summed E-state index contributed by atoms with van der Waals surface area (Å²) in [5, 5.41) is 0.540. The van der Waals surface area contributed by atoms with Crippen LogP contribution in [0.15, 0.2) is 18.2 Å². The van der Waals surface area contributed by atoms with Crippen LogP contribution in [0.4, 0.5) is 4.79 Å². The van der Waals surface area contributed by atoms with Gasteiger partial charge in [-0.25, -0.2) is 0 Å². The number of ether oxygens (including phenoxy) is 1. The summed E-state index contributed by atoms with van der Waals surface area (Å²) in [6.07, 6.45) is 0. The summed E-state index contributed by atoms with van der Waals surface area (Å²) in [6.45, 7) is 2.68. The third-order valence-electron chi connectivity index (χ3n) is 2.42. The number of benzene rings is 1. The van der Waals surface area contributed by atoms with Crippen LogP contribution in [-0.4, -0.2) is 33.9 Å². The average molecular weight is 437 g/mol. The molecule has 0 saturated carbocycles. The first kappa shape index (κ1) is 17.1. The quantitative estimate of drug-likeness (QED) is 0.276. The highest BCUT2D eigenvalue weighted by atomic mass is 127. The highest BCUT2D eigenvalue weighted by Crippen LogP contribution is 2.24. The molecule has 1 unspecified atom stereocenters. The summed E-state index contributed by atoms with van der Waals surface area (Å²) >= 11 is 19.5. The summed E-state index contributed by atoms with van der Waals surface area (Å²) in [6, 6.07) is 5.03. The van der Waals surface area contributed by atoms with Crippen molar-refractivity contribution in [2.45, 2.75) is 13.0 Å². The van der Waals surface area contributed by atoms with E-state index >= 15 is 0 Å². The molecule has 0 radical (unpaired) electrons. The minimum absolute atomic E-state index is 0.0668. The molecular formula is C12H13Cl3INO2. The maximum absolute atomic E-state index is 11.3. The maximum atomic E-state index is 11.3. The molecule has 0 spiro atoms. The van der Waals surface area contributed by atoms with Crippen LogP contribution in [-0.2, 0) is 0 Å². The molecular weight excluding hydrogens is 423 g/mol. The molecule has 3 nitrogen and oxygen atoms in total. The van der Waals surface area contributed by atoms with E-state index in [-0.39, 0.29) is 6.04 Å². The van der Waals surface area contributed by atoms with Crippen molar-refractivity contribution < 1.29 is 9.53 Å². The Bertz CT molecular complexity index is 425. The maximum Gasteiger partial charge on any atom is 0.316 e. The van der Waals surface area contributed by atoms with Gasteiger partial charge in [0.15, 0.2) is 0 Å². The highest BCUT2D eigenvalue weighted by molar-refractivity contribution is 14.1. The number of hydrogen-bond acceptors (Lipinski definition) is 2. The second kappa shape index (κ2) is 8.39. The normalized spacial score (nSPS) is 12.1. The second-order valence-corrected chi connectivity index (χ2v) is 5.98. The number of alkyl halides is 1. The zero-order chi connectivity index (χ0) is 14.4. The molecule has 1 aromatic rings. The minimum Gasteiger partial charge on any atom is -0.492 e. The summed E-state index contributed by atoms with van der Waals surface area (Å²) in [5.41, 5.74) is 0. The van der Waals surface area contributed by atoms with Crippen molar-refractivity contribution in [1.29, 1.82) is 0 Å². The van der Waals surface area contributed by atoms with E-state index < -0.39 is 5.37 Å². The van der Waals surface area contributed by atoms with Crippen molar-refractivity contribution >= 4 is 62.8 Å². The molecule has 0 N–H and O–H groups in total. The predicted octanol–water partition coefficient (Wildman–Crippen LogP) is 4.86. The minimum atomic E-state index is -0.475. The van der Waals surface area contributed by atoms with E-state index in [1.807, 2.05) is 6.92 Å². The van der Waals surface area contributed by atoms with E-state index in [2.05, 4.69) is 22.6 Å². The Morgan fingerprint density at radius 1 is 1.37 bits per heavy atom. The molecule has 0 aliphatic carbocycles. The molecule has 1 rings (SSSR count). The number of hydrogen-bond donors (Lipinski definition) is 0. The van der Waals surface area contributed by atoms with Gasteiger partial charge in [0.25, 0.3) is 0 Å². The Morgan fingerprint density at radius 3 is 2.42 bits per heavy atom. The van der Waals surface area contributed by atoms with Crippen LogP contribution in [0.2, 0.25) is 10.0 Å². The van der Waals surface area contributed by atoms with Crippen LogP contribution in [0.3, 0.4) is 0 Å². The Labute approximate surface area is 141 Å². The van der Waals surface area contributed by atoms with Crippen LogP contribution in [0.25, 0.3) is 0 Å². The molecule has 1 amide bonds. The SMILES string of the molecule is CC(CI)N(CCOc1cc(Cl)cc(Cl)c1)C(=O)Cl. The van der Waals surface area contributed by atoms with E-state index in [1.54, 1.807) is 23.1 Å². The Balaban J connectivity index is 2.54. The Morgan fingerprint density at radius 2 is 1.95 bits per heavy atom. The summed E-state index contributed by atoms with van der Waals surface area (Å²) in [5.74, 6) is 0.571. The van der Waals surface area contributed by atoms with E-state index in [0.717, 1.165) is 4.43 Å². The third-order valence-corrected chi connectivity index (χ3v) is 4.35. The van der Waals surface area contributed by atoms with E-state index in [0.29, 0.717) is 28.9 Å². The van der Waals surface area contributed by atoms with E-state index in [9.17, 15) is 4.79 Å². The molecule has 0 fully saturated rings. The number of amides is 1. The summed E-state index contributed by atoms with van der Waals surface area (Å²) < 4.78 is 6.32. The van der Waals surface area contributed by atoms with Gasteiger partial charge in [-0.1, -0.05) is 45.8 Å². The lowest BCUT2D eigenvalue weighted by Crippen LogP contribution is -2.39. The summed E-state index contributed by atoms with van der Waals surface area (Å²) in [4.78, 5) is 12.8. The van der Waals surface area contributed by atoms with Gasteiger partial charge in [-0.3, -0.25) is 4.79 Å². The lowest BCUT2D eigenvalue weighted by molar-refractivity contribution is 0.188. The number of carbonyl (C=O) groups excluding carboxylic acids is 1. The summed E-state index contributed by atoms with van der Waals surface area (Å²) in [7, 11) is 0. The molecule has 0 saturated heterocycles. The van der Waals surface area contributed by atoms with Crippen molar-refractivity contribution in [3.05, 3.63) is 28.2 Å². The molecule has 19 heavy (non-hydrogen) atoms. The van der Waals surface area contributed by atoms with Gasteiger partial charge in [-0.05, 0) is 36.7 Å². The first-order chi connectivity index (χ1) is 8.93. The Kier molecular flexibility index (Phi) is 7.57. The first-order valence-corrected chi connectivity index (χ1v) is 8.21. The fourth-order valence-corrected chi connectivity index (χ4v) is 2.67. The smallest absolute Gasteiger partial charge is 0.316 e. The second-order valence-electron chi connectivity index (χ2n) is 3.90. The molecule has 0 aromatic heterocycles. The largest absolute Gasteiger partial charge is 0.492 e. The van der Waals surface area contributed by atoms with Gasteiger partial charge in [0.1, 0.15) is 12.4 Å². The van der Waals surface area contributed by atoms with Gasteiger partial charge in [0.05, 0.1) is 6.54 Å². The number of rotatable bonds is 6. The van der Waals surface area contributed by atoms with Crippen LogP contribution in [0.1, 0.15) is 6.92 Å². The van der Waals surface area contributed by atoms with Gasteiger partial charge in [-0.2, -0.15) is 0 Å². The van der Waals surface area contributed by atoms with Gasteiger partial charge < -0.3 is 9.64 Å². The van der Waals surface area contributed by atoms with Crippen LogP contribution in [0, 0.1) is 0 Å². The lowest BCUT2D eigenvalue weighted by Gasteiger charge is -2.25. The van der Waals surface area contributed by atoms with Gasteiger partial charge >= 0.3 is 5.37 Å². The fraction of sp³-hybridized carbons (Fsp3) is 0.417. The average Bonchev–Trinajstić information content (AvgIpc) is 2.32. The predicted molar refractivity (Wildman–Crippen MR) is 88.3 cm³/mol. The number of carbonyl (C=O) groups is 1. The van der Waals surface area contributed by atoms with Crippen LogP contribution in [0.5, 0.6) is 5.75 Å². The van der Waals surface area contributed by atoms with Crippen molar-refractivity contribution in [3.63, 3.8) is 0 Å². The van der Waals surface area contributed by atoms with E-state index in [4.69, 9.17) is 39.5 Å². The molecule has 1 aromatic carbocycles. The molecule has 0 aliphatic rings. The topological polar surface area (TPSA) is 29.5 Å². The zero-order valence-electron chi connectivity index (χ0n) is 10.2. The van der Waals surface area contributed by atoms with Gasteiger partial charge in [0.2, 0.25) is 0 Å². The van der Waals surface area contributed by atoms with Crippen molar-refractivity contribution in [3.8, 4) is 5.75 Å². The van der Waals surface area contributed by atoms with Gasteiger partial charge in [-0.15, -0.1) is 0 Å². The fourth-order valence-electron chi connectivity index (χ4n) is 1.44.